The summed E-state index contributed by atoms with van der Waals surface area (Å²) in [6.45, 7) is 4.49. The molecule has 0 fully saturated rings. The van der Waals surface area contributed by atoms with Crippen molar-refractivity contribution in [2.24, 2.45) is 5.73 Å². The van der Waals surface area contributed by atoms with Crippen LogP contribution in [0.2, 0.25) is 0 Å². The van der Waals surface area contributed by atoms with E-state index in [1.54, 1.807) is 12.1 Å². The number of amides is 1. The molecule has 0 saturated carbocycles. The van der Waals surface area contributed by atoms with E-state index < -0.39 is 5.91 Å². The minimum atomic E-state index is -0.549. The highest BCUT2D eigenvalue weighted by atomic mass is 16.5. The molecule has 0 radical (unpaired) electrons. The van der Waals surface area contributed by atoms with Gasteiger partial charge in [0.15, 0.2) is 0 Å². The van der Waals surface area contributed by atoms with Gasteiger partial charge in [0, 0.05) is 5.69 Å². The second-order valence-electron chi connectivity index (χ2n) is 4.83. The first-order chi connectivity index (χ1) is 9.47. The topological polar surface area (TPSA) is 78.3 Å². The number of hydrogen-bond acceptors (Lipinski definition) is 3. The predicted octanol–water partition coefficient (Wildman–Crippen LogP) is 2.56. The first-order valence-corrected chi connectivity index (χ1v) is 6.35. The zero-order valence-corrected chi connectivity index (χ0v) is 11.6. The lowest BCUT2D eigenvalue weighted by Gasteiger charge is -2.11. The lowest BCUT2D eigenvalue weighted by Crippen LogP contribution is -2.13. The van der Waals surface area contributed by atoms with Gasteiger partial charge in [-0.15, -0.1) is 0 Å². The summed E-state index contributed by atoms with van der Waals surface area (Å²) in [6, 6.07) is 11.0. The fourth-order valence-electron chi connectivity index (χ4n) is 1.92. The summed E-state index contributed by atoms with van der Waals surface area (Å²) in [7, 11) is 0. The van der Waals surface area contributed by atoms with Crippen LogP contribution in [0.4, 0.5) is 5.69 Å². The van der Waals surface area contributed by atoms with Crippen molar-refractivity contribution in [2.45, 2.75) is 20.5 Å². The summed E-state index contributed by atoms with van der Waals surface area (Å²) in [4.78, 5) is 11.4. The van der Waals surface area contributed by atoms with Crippen LogP contribution in [0.25, 0.3) is 0 Å². The van der Waals surface area contributed by atoms with Crippen LogP contribution < -0.4 is 16.2 Å². The molecule has 0 aliphatic rings. The lowest BCUT2D eigenvalue weighted by molar-refractivity contribution is 0.0996. The first-order valence-electron chi connectivity index (χ1n) is 6.35. The van der Waals surface area contributed by atoms with E-state index in [4.69, 9.17) is 16.2 Å². The predicted molar refractivity (Wildman–Crippen MR) is 79.6 cm³/mol. The molecular formula is C16H18N2O2. The van der Waals surface area contributed by atoms with Crippen molar-refractivity contribution in [3.8, 4) is 5.75 Å². The van der Waals surface area contributed by atoms with E-state index in [0.717, 1.165) is 5.56 Å². The van der Waals surface area contributed by atoms with Crippen molar-refractivity contribution in [2.75, 3.05) is 5.73 Å². The van der Waals surface area contributed by atoms with Crippen LogP contribution in [-0.4, -0.2) is 5.91 Å². The number of nitrogen functional groups attached to an aromatic ring is 1. The van der Waals surface area contributed by atoms with Crippen molar-refractivity contribution >= 4 is 11.6 Å². The van der Waals surface area contributed by atoms with Gasteiger partial charge in [-0.1, -0.05) is 18.2 Å². The minimum Gasteiger partial charge on any atom is -0.488 e. The van der Waals surface area contributed by atoms with Crippen LogP contribution in [0.5, 0.6) is 5.75 Å². The fourth-order valence-corrected chi connectivity index (χ4v) is 1.92. The maximum Gasteiger partial charge on any atom is 0.252 e. The number of rotatable bonds is 4. The third kappa shape index (κ3) is 3.09. The number of ether oxygens (including phenoxy) is 1. The molecule has 4 nitrogen and oxygen atoms in total. The second kappa shape index (κ2) is 5.65. The zero-order valence-electron chi connectivity index (χ0n) is 11.6. The second-order valence-corrected chi connectivity index (χ2v) is 4.83. The Labute approximate surface area is 118 Å². The van der Waals surface area contributed by atoms with Crippen LogP contribution in [0.15, 0.2) is 36.4 Å². The Hall–Kier alpha value is -2.49. The molecule has 2 rings (SSSR count). The quantitative estimate of drug-likeness (QED) is 0.838. The average molecular weight is 270 g/mol. The van der Waals surface area contributed by atoms with Crippen LogP contribution >= 0.6 is 0 Å². The molecule has 0 aliphatic carbocycles. The van der Waals surface area contributed by atoms with Crippen molar-refractivity contribution in [1.82, 2.24) is 0 Å². The van der Waals surface area contributed by atoms with E-state index in [0.29, 0.717) is 23.6 Å². The van der Waals surface area contributed by atoms with Gasteiger partial charge in [0.1, 0.15) is 12.4 Å². The largest absolute Gasteiger partial charge is 0.488 e. The molecule has 4 N–H and O–H groups in total. The van der Waals surface area contributed by atoms with Gasteiger partial charge in [-0.25, -0.2) is 0 Å². The Bertz CT molecular complexity index is 651. The van der Waals surface area contributed by atoms with Crippen molar-refractivity contribution < 1.29 is 9.53 Å². The zero-order chi connectivity index (χ0) is 14.7. The number of benzene rings is 2. The summed E-state index contributed by atoms with van der Waals surface area (Å²) in [5.41, 5.74) is 15.2. The number of carbonyl (C=O) groups excluding carboxylic acids is 1. The summed E-state index contributed by atoms with van der Waals surface area (Å²) in [5, 5.41) is 0. The first kappa shape index (κ1) is 13.9. The fraction of sp³-hybridized carbons (Fsp3) is 0.188. The molecule has 2 aromatic carbocycles. The third-order valence-corrected chi connectivity index (χ3v) is 3.23. The lowest BCUT2D eigenvalue weighted by atomic mass is 10.1. The summed E-state index contributed by atoms with van der Waals surface area (Å²) in [6.07, 6.45) is 0. The maximum absolute atomic E-state index is 11.4. The minimum absolute atomic E-state index is 0.300. The van der Waals surface area contributed by atoms with E-state index in [1.165, 1.54) is 17.2 Å². The molecule has 0 unspecified atom stereocenters. The van der Waals surface area contributed by atoms with Gasteiger partial charge >= 0.3 is 0 Å². The Kier molecular flexibility index (Phi) is 3.94. The van der Waals surface area contributed by atoms with E-state index in [-0.39, 0.29) is 0 Å². The highest BCUT2D eigenvalue weighted by Gasteiger charge is 2.10. The number of carbonyl (C=O) groups is 1. The van der Waals surface area contributed by atoms with Crippen LogP contribution in [0, 0.1) is 13.8 Å². The van der Waals surface area contributed by atoms with E-state index >= 15 is 0 Å². The standard InChI is InChI=1S/C16H18N2O2/c1-10-3-4-12(7-11(10)2)9-20-15-6-5-13(17)8-14(15)16(18)19/h3-8H,9,17H2,1-2H3,(H2,18,19). The highest BCUT2D eigenvalue weighted by Crippen LogP contribution is 2.22. The van der Waals surface area contributed by atoms with Gasteiger partial charge in [0.05, 0.1) is 5.56 Å². The van der Waals surface area contributed by atoms with E-state index in [9.17, 15) is 4.79 Å². The monoisotopic (exact) mass is 270 g/mol. The van der Waals surface area contributed by atoms with Crippen molar-refractivity contribution in [3.05, 3.63) is 58.7 Å². The molecule has 0 atom stereocenters. The van der Waals surface area contributed by atoms with Crippen LogP contribution in [0.3, 0.4) is 0 Å². The summed E-state index contributed by atoms with van der Waals surface area (Å²) < 4.78 is 5.68. The Morgan fingerprint density at radius 1 is 1.10 bits per heavy atom. The molecule has 0 heterocycles. The normalized spacial score (nSPS) is 10.3. The molecule has 20 heavy (non-hydrogen) atoms. The van der Waals surface area contributed by atoms with Gasteiger partial charge in [-0.05, 0) is 48.7 Å². The molecule has 104 valence electrons. The van der Waals surface area contributed by atoms with Gasteiger partial charge < -0.3 is 16.2 Å². The van der Waals surface area contributed by atoms with Crippen LogP contribution in [-0.2, 0) is 6.61 Å². The Balaban J connectivity index is 2.18. The number of nitrogens with two attached hydrogens (primary N) is 2. The van der Waals surface area contributed by atoms with Gasteiger partial charge in [-0.3, -0.25) is 4.79 Å². The molecule has 0 spiro atoms. The number of hydrogen-bond donors (Lipinski definition) is 2. The Morgan fingerprint density at radius 2 is 1.85 bits per heavy atom. The van der Waals surface area contributed by atoms with E-state index in [1.807, 2.05) is 12.1 Å². The van der Waals surface area contributed by atoms with Gasteiger partial charge in [0.25, 0.3) is 5.91 Å². The SMILES string of the molecule is Cc1ccc(COc2ccc(N)cc2C(N)=O)cc1C. The maximum atomic E-state index is 11.4. The van der Waals surface area contributed by atoms with E-state index in [2.05, 4.69) is 19.9 Å². The molecule has 2 aromatic rings. The smallest absolute Gasteiger partial charge is 0.252 e. The van der Waals surface area contributed by atoms with Crippen LogP contribution in [0.1, 0.15) is 27.0 Å². The summed E-state index contributed by atoms with van der Waals surface area (Å²) >= 11 is 0. The number of primary amides is 1. The highest BCUT2D eigenvalue weighted by molar-refractivity contribution is 5.96. The molecule has 0 saturated heterocycles. The number of aryl methyl sites for hydroxylation is 2. The van der Waals surface area contributed by atoms with Gasteiger partial charge in [-0.2, -0.15) is 0 Å². The Morgan fingerprint density at radius 3 is 2.50 bits per heavy atom. The molecule has 0 aliphatic heterocycles. The number of anilines is 1. The third-order valence-electron chi connectivity index (χ3n) is 3.23. The summed E-state index contributed by atoms with van der Waals surface area (Å²) in [5.74, 6) is -0.0997. The van der Waals surface area contributed by atoms with Gasteiger partial charge in [0.2, 0.25) is 0 Å². The van der Waals surface area contributed by atoms with Crippen molar-refractivity contribution in [1.29, 1.82) is 0 Å². The molecular weight excluding hydrogens is 252 g/mol. The molecule has 1 amide bonds. The molecule has 4 heteroatoms. The average Bonchev–Trinajstić information content (AvgIpc) is 2.41. The molecule has 0 aromatic heterocycles. The van der Waals surface area contributed by atoms with Crippen molar-refractivity contribution in [3.63, 3.8) is 0 Å². The molecule has 0 bridgehead atoms.